The highest BCUT2D eigenvalue weighted by Gasteiger charge is 2.36. The van der Waals surface area contributed by atoms with Crippen molar-refractivity contribution in [1.82, 2.24) is 20.3 Å². The van der Waals surface area contributed by atoms with E-state index < -0.39 is 0 Å². The average Bonchev–Trinajstić information content (AvgIpc) is 3.26. The van der Waals surface area contributed by atoms with Gasteiger partial charge in [-0.2, -0.15) is 15.0 Å². The topological polar surface area (TPSA) is 80.1 Å². The minimum Gasteiger partial charge on any atom is -0.351 e. The van der Waals surface area contributed by atoms with Crippen LogP contribution < -0.4 is 10.2 Å². The third kappa shape index (κ3) is 4.35. The van der Waals surface area contributed by atoms with Crippen LogP contribution in [0.15, 0.2) is 30.6 Å². The Morgan fingerprint density at radius 3 is 2.56 bits per heavy atom. The van der Waals surface area contributed by atoms with Crippen molar-refractivity contribution in [2.24, 2.45) is 11.8 Å². The fourth-order valence-corrected chi connectivity index (χ4v) is 3.26. The molecule has 0 saturated carbocycles. The van der Waals surface area contributed by atoms with Gasteiger partial charge in [0.1, 0.15) is 0 Å². The Morgan fingerprint density at radius 2 is 1.93 bits per heavy atom. The van der Waals surface area contributed by atoms with Gasteiger partial charge in [-0.3, -0.25) is 9.59 Å². The quantitative estimate of drug-likeness (QED) is 0.845. The molecule has 1 saturated heterocycles. The van der Waals surface area contributed by atoms with E-state index in [1.165, 1.54) is 5.56 Å². The maximum atomic E-state index is 12.8. The lowest BCUT2D eigenvalue weighted by atomic mass is 10.0. The summed E-state index contributed by atoms with van der Waals surface area (Å²) < 4.78 is 0. The lowest BCUT2D eigenvalue weighted by Gasteiger charge is -2.23. The van der Waals surface area contributed by atoms with Gasteiger partial charge in [0.25, 0.3) is 0 Å². The molecule has 2 aromatic rings. The van der Waals surface area contributed by atoms with Gasteiger partial charge in [0.15, 0.2) is 0 Å². The zero-order valence-electron chi connectivity index (χ0n) is 16.3. The fourth-order valence-electron chi connectivity index (χ4n) is 3.26. The Morgan fingerprint density at radius 1 is 1.22 bits per heavy atom. The fraction of sp³-hybridized carbons (Fsp3) is 0.500. The Hall–Kier alpha value is -2.70. The summed E-state index contributed by atoms with van der Waals surface area (Å²) in [4.78, 5) is 28.6. The van der Waals surface area contributed by atoms with E-state index in [-0.39, 0.29) is 36.1 Å². The van der Waals surface area contributed by atoms with E-state index in [0.717, 1.165) is 11.3 Å². The van der Waals surface area contributed by atoms with Crippen LogP contribution in [-0.2, 0) is 16.1 Å². The van der Waals surface area contributed by atoms with E-state index >= 15 is 0 Å². The molecule has 3 rings (SSSR count). The van der Waals surface area contributed by atoms with Crippen molar-refractivity contribution >= 4 is 17.5 Å². The Balaban J connectivity index is 1.66. The number of carbonyl (C=O) groups excluding carboxylic acids is 2. The molecule has 1 aliphatic heterocycles. The van der Waals surface area contributed by atoms with E-state index in [0.29, 0.717) is 13.1 Å². The highest BCUT2D eigenvalue weighted by molar-refractivity contribution is 6.00. The molecule has 1 aliphatic rings. The van der Waals surface area contributed by atoms with Crippen LogP contribution >= 0.6 is 0 Å². The molecule has 0 radical (unpaired) electrons. The van der Waals surface area contributed by atoms with Gasteiger partial charge in [0.05, 0.1) is 30.9 Å². The van der Waals surface area contributed by atoms with Gasteiger partial charge in [-0.25, -0.2) is 0 Å². The van der Waals surface area contributed by atoms with Crippen molar-refractivity contribution in [3.05, 3.63) is 41.7 Å². The minimum absolute atomic E-state index is 0.00626. The maximum Gasteiger partial charge on any atom is 0.227 e. The van der Waals surface area contributed by atoms with Crippen molar-refractivity contribution in [3.63, 3.8) is 0 Å². The molecular weight excluding hydrogens is 342 g/mol. The number of nitrogens with zero attached hydrogens (tertiary/aromatic N) is 4. The van der Waals surface area contributed by atoms with E-state index in [4.69, 9.17) is 0 Å². The molecule has 27 heavy (non-hydrogen) atoms. The molecular formula is C20H27N5O2. The van der Waals surface area contributed by atoms with Crippen LogP contribution in [0.25, 0.3) is 0 Å². The first-order valence-corrected chi connectivity index (χ1v) is 9.37. The summed E-state index contributed by atoms with van der Waals surface area (Å²) in [7, 11) is 0. The number of benzene rings is 1. The summed E-state index contributed by atoms with van der Waals surface area (Å²) in [5.74, 6) is -0.201. The lowest BCUT2D eigenvalue weighted by molar-refractivity contribution is -0.127. The summed E-state index contributed by atoms with van der Waals surface area (Å²) in [6.45, 7) is 9.10. The van der Waals surface area contributed by atoms with Crippen molar-refractivity contribution in [1.29, 1.82) is 0 Å². The number of aryl methyl sites for hydroxylation is 2. The average molecular weight is 369 g/mol. The Labute approximate surface area is 159 Å². The SMILES string of the molecule is Cc1ccc(N2CC(C(=O)NC(Cn3nccn3)C(C)C)CC2=O)cc1C. The number of hydrogen-bond acceptors (Lipinski definition) is 4. The summed E-state index contributed by atoms with van der Waals surface area (Å²) >= 11 is 0. The van der Waals surface area contributed by atoms with Gasteiger partial charge in [0, 0.05) is 18.7 Å². The van der Waals surface area contributed by atoms with Crippen molar-refractivity contribution in [3.8, 4) is 0 Å². The summed E-state index contributed by atoms with van der Waals surface area (Å²) in [6.07, 6.45) is 3.48. The maximum absolute atomic E-state index is 12.8. The number of rotatable bonds is 6. The van der Waals surface area contributed by atoms with E-state index in [9.17, 15) is 9.59 Å². The molecule has 1 fully saturated rings. The molecule has 2 amide bonds. The van der Waals surface area contributed by atoms with Crippen LogP contribution in [0, 0.1) is 25.7 Å². The standard InChI is InChI=1S/C20H27N5O2/c1-13(2)18(12-25-21-7-8-22-25)23-20(27)16-10-19(26)24(11-16)17-6-5-14(3)15(4)9-17/h5-9,13,16,18H,10-12H2,1-4H3,(H,23,27). The number of amides is 2. The molecule has 144 valence electrons. The van der Waals surface area contributed by atoms with E-state index in [1.54, 1.807) is 22.1 Å². The Bertz CT molecular complexity index is 816. The van der Waals surface area contributed by atoms with Crippen LogP contribution in [0.1, 0.15) is 31.4 Å². The molecule has 2 unspecified atom stereocenters. The van der Waals surface area contributed by atoms with Crippen LogP contribution in [0.5, 0.6) is 0 Å². The molecule has 0 spiro atoms. The number of aromatic nitrogens is 3. The van der Waals surface area contributed by atoms with E-state index in [1.807, 2.05) is 32.0 Å². The van der Waals surface area contributed by atoms with Crippen LogP contribution in [0.2, 0.25) is 0 Å². The normalized spacial score (nSPS) is 18.2. The highest BCUT2D eigenvalue weighted by Crippen LogP contribution is 2.27. The van der Waals surface area contributed by atoms with Gasteiger partial charge in [0.2, 0.25) is 11.8 Å². The predicted molar refractivity (Wildman–Crippen MR) is 103 cm³/mol. The molecule has 0 aliphatic carbocycles. The zero-order chi connectivity index (χ0) is 19.6. The van der Waals surface area contributed by atoms with E-state index in [2.05, 4.69) is 29.4 Å². The van der Waals surface area contributed by atoms with Gasteiger partial charge >= 0.3 is 0 Å². The molecule has 1 N–H and O–H groups in total. The molecule has 7 nitrogen and oxygen atoms in total. The number of nitrogens with one attached hydrogen (secondary N) is 1. The van der Waals surface area contributed by atoms with Crippen LogP contribution in [0.3, 0.4) is 0 Å². The number of anilines is 1. The van der Waals surface area contributed by atoms with Gasteiger partial charge in [-0.15, -0.1) is 0 Å². The Kier molecular flexibility index (Phi) is 5.58. The highest BCUT2D eigenvalue weighted by atomic mass is 16.2. The molecule has 2 atom stereocenters. The molecule has 1 aromatic heterocycles. The first-order chi connectivity index (χ1) is 12.8. The summed E-state index contributed by atoms with van der Waals surface area (Å²) in [5, 5.41) is 11.3. The van der Waals surface area contributed by atoms with Crippen molar-refractivity contribution in [2.75, 3.05) is 11.4 Å². The summed E-state index contributed by atoms with van der Waals surface area (Å²) in [6, 6.07) is 5.88. The van der Waals surface area contributed by atoms with Gasteiger partial charge < -0.3 is 10.2 Å². The molecule has 2 heterocycles. The molecule has 0 bridgehead atoms. The smallest absolute Gasteiger partial charge is 0.227 e. The monoisotopic (exact) mass is 369 g/mol. The lowest BCUT2D eigenvalue weighted by Crippen LogP contribution is -2.45. The third-order valence-corrected chi connectivity index (χ3v) is 5.26. The predicted octanol–water partition coefficient (Wildman–Crippen LogP) is 2.09. The van der Waals surface area contributed by atoms with Crippen LogP contribution in [0.4, 0.5) is 5.69 Å². The molecule has 1 aromatic carbocycles. The second-order valence-corrected chi connectivity index (χ2v) is 7.62. The minimum atomic E-state index is -0.342. The van der Waals surface area contributed by atoms with Gasteiger partial charge in [-0.1, -0.05) is 19.9 Å². The second kappa shape index (κ2) is 7.90. The first-order valence-electron chi connectivity index (χ1n) is 9.37. The first kappa shape index (κ1) is 19.1. The van der Waals surface area contributed by atoms with Crippen molar-refractivity contribution in [2.45, 2.75) is 46.7 Å². The molecule has 7 heteroatoms. The number of carbonyl (C=O) groups is 2. The van der Waals surface area contributed by atoms with Crippen LogP contribution in [-0.4, -0.2) is 39.4 Å². The number of hydrogen-bond donors (Lipinski definition) is 1. The van der Waals surface area contributed by atoms with Crippen molar-refractivity contribution < 1.29 is 9.59 Å². The second-order valence-electron chi connectivity index (χ2n) is 7.62. The summed E-state index contributed by atoms with van der Waals surface area (Å²) in [5.41, 5.74) is 3.19. The van der Waals surface area contributed by atoms with Gasteiger partial charge in [-0.05, 0) is 43.0 Å². The largest absolute Gasteiger partial charge is 0.351 e. The zero-order valence-corrected chi connectivity index (χ0v) is 16.3. The third-order valence-electron chi connectivity index (χ3n) is 5.26.